The van der Waals surface area contributed by atoms with Gasteiger partial charge in [0.05, 0.1) is 5.69 Å². The Kier molecular flexibility index (Phi) is 3.91. The minimum Gasteiger partial charge on any atom is -0.366 e. The number of aromatic nitrogens is 2. The minimum absolute atomic E-state index is 0.302. The third-order valence-electron chi connectivity index (χ3n) is 2.72. The largest absolute Gasteiger partial charge is 0.366 e. The number of carbonyl (C=O) groups excluding carboxylic acids is 1. The van der Waals surface area contributed by atoms with Crippen LogP contribution in [0.15, 0.2) is 30.5 Å². The molecule has 0 saturated heterocycles. The zero-order chi connectivity index (χ0) is 13.8. The molecule has 1 aromatic carbocycles. The maximum atomic E-state index is 13.6. The molecule has 0 unspecified atom stereocenters. The normalized spacial score (nSPS) is 10.6. The summed E-state index contributed by atoms with van der Waals surface area (Å²) < 4.78 is 15.3. The number of benzene rings is 1. The van der Waals surface area contributed by atoms with Crippen LogP contribution in [0, 0.1) is 5.82 Å². The first-order chi connectivity index (χ1) is 9.06. The van der Waals surface area contributed by atoms with E-state index in [1.54, 1.807) is 4.68 Å². The number of aryl methyl sites for hydroxylation is 1. The van der Waals surface area contributed by atoms with E-state index >= 15 is 0 Å². The smallest absolute Gasteiger partial charge is 0.248 e. The van der Waals surface area contributed by atoms with Gasteiger partial charge in [0.15, 0.2) is 0 Å². The van der Waals surface area contributed by atoms with E-state index in [-0.39, 0.29) is 5.82 Å². The molecule has 3 N–H and O–H groups in total. The maximum absolute atomic E-state index is 13.6. The van der Waals surface area contributed by atoms with Gasteiger partial charge in [0.25, 0.3) is 0 Å². The Morgan fingerprint density at radius 1 is 1.42 bits per heavy atom. The molecule has 2 rings (SSSR count). The molecule has 1 amide bonds. The molecule has 0 aliphatic carbocycles. The number of nitrogens with zero attached hydrogens (tertiary/aromatic N) is 2. The van der Waals surface area contributed by atoms with Crippen LogP contribution in [0.2, 0.25) is 0 Å². The van der Waals surface area contributed by atoms with Gasteiger partial charge in [-0.2, -0.15) is 5.10 Å². The highest BCUT2D eigenvalue weighted by atomic mass is 19.1. The quantitative estimate of drug-likeness (QED) is 0.842. The first-order valence-corrected chi connectivity index (χ1v) is 5.84. The lowest BCUT2D eigenvalue weighted by molar-refractivity contribution is 0.1000. The molecule has 0 aliphatic rings. The summed E-state index contributed by atoms with van der Waals surface area (Å²) in [6, 6.07) is 5.96. The van der Waals surface area contributed by atoms with Gasteiger partial charge in [-0.1, -0.05) is 0 Å². The lowest BCUT2D eigenvalue weighted by Crippen LogP contribution is -2.16. The van der Waals surface area contributed by atoms with Gasteiger partial charge in [0, 0.05) is 37.5 Å². The summed E-state index contributed by atoms with van der Waals surface area (Å²) in [6.07, 6.45) is 1.84. The average Bonchev–Trinajstić information content (AvgIpc) is 2.77. The van der Waals surface area contributed by atoms with E-state index < -0.39 is 5.91 Å². The molecule has 2 aromatic rings. The van der Waals surface area contributed by atoms with Gasteiger partial charge < -0.3 is 11.1 Å². The summed E-state index contributed by atoms with van der Waals surface area (Å²) in [5, 5.41) is 7.27. The summed E-state index contributed by atoms with van der Waals surface area (Å²) in [5.74, 6) is -0.926. The van der Waals surface area contributed by atoms with Crippen molar-refractivity contribution in [3.05, 3.63) is 53.1 Å². The van der Waals surface area contributed by atoms with Crippen molar-refractivity contribution in [1.82, 2.24) is 15.1 Å². The predicted octanol–water partition coefficient (Wildman–Crippen LogP) is 0.948. The van der Waals surface area contributed by atoms with Crippen molar-refractivity contribution in [2.24, 2.45) is 12.8 Å². The first-order valence-electron chi connectivity index (χ1n) is 5.84. The number of hydrogen-bond donors (Lipinski definition) is 2. The Hall–Kier alpha value is -2.21. The summed E-state index contributed by atoms with van der Waals surface area (Å²) in [5.41, 5.74) is 6.74. The summed E-state index contributed by atoms with van der Waals surface area (Å²) in [6.45, 7) is 0.838. The zero-order valence-electron chi connectivity index (χ0n) is 10.6. The molecule has 1 aromatic heterocycles. The highest BCUT2D eigenvalue weighted by Crippen LogP contribution is 2.10. The van der Waals surface area contributed by atoms with Gasteiger partial charge in [-0.3, -0.25) is 9.48 Å². The van der Waals surface area contributed by atoms with E-state index in [1.807, 2.05) is 19.3 Å². The van der Waals surface area contributed by atoms with E-state index in [0.29, 0.717) is 24.2 Å². The third kappa shape index (κ3) is 3.38. The molecule has 0 fully saturated rings. The molecule has 19 heavy (non-hydrogen) atoms. The van der Waals surface area contributed by atoms with Crippen molar-refractivity contribution in [2.45, 2.75) is 13.1 Å². The monoisotopic (exact) mass is 262 g/mol. The van der Waals surface area contributed by atoms with Crippen LogP contribution >= 0.6 is 0 Å². The number of hydrogen-bond acceptors (Lipinski definition) is 3. The van der Waals surface area contributed by atoms with Crippen LogP contribution in [0.1, 0.15) is 21.6 Å². The molecule has 0 saturated carbocycles. The second-order valence-electron chi connectivity index (χ2n) is 4.25. The van der Waals surface area contributed by atoms with E-state index in [2.05, 4.69) is 10.4 Å². The molecule has 1 heterocycles. The van der Waals surface area contributed by atoms with Crippen molar-refractivity contribution >= 4 is 5.91 Å². The number of carbonyl (C=O) groups is 1. The SMILES string of the molecule is Cn1ccc(CNCc2cc(C(N)=O)ccc2F)n1. The topological polar surface area (TPSA) is 72.9 Å². The second-order valence-corrected chi connectivity index (χ2v) is 4.25. The molecule has 0 spiro atoms. The van der Waals surface area contributed by atoms with Crippen LogP contribution in [0.4, 0.5) is 4.39 Å². The first kappa shape index (κ1) is 13.2. The maximum Gasteiger partial charge on any atom is 0.248 e. The highest BCUT2D eigenvalue weighted by molar-refractivity contribution is 5.92. The van der Waals surface area contributed by atoms with Crippen molar-refractivity contribution in [3.63, 3.8) is 0 Å². The molecule has 5 nitrogen and oxygen atoms in total. The Morgan fingerprint density at radius 3 is 2.84 bits per heavy atom. The molecule has 0 atom stereocenters. The Bertz CT molecular complexity index is 594. The number of primary amides is 1. The Balaban J connectivity index is 1.99. The lowest BCUT2D eigenvalue weighted by Gasteiger charge is -2.06. The molecular formula is C13H15FN4O. The molecule has 100 valence electrons. The van der Waals surface area contributed by atoms with E-state index in [4.69, 9.17) is 5.73 Å². The van der Waals surface area contributed by atoms with Crippen molar-refractivity contribution < 1.29 is 9.18 Å². The van der Waals surface area contributed by atoms with E-state index in [1.165, 1.54) is 18.2 Å². The highest BCUT2D eigenvalue weighted by Gasteiger charge is 2.07. The number of amides is 1. The number of halogens is 1. The van der Waals surface area contributed by atoms with Gasteiger partial charge in [-0.25, -0.2) is 4.39 Å². The van der Waals surface area contributed by atoms with Crippen LogP contribution in [-0.4, -0.2) is 15.7 Å². The van der Waals surface area contributed by atoms with Crippen LogP contribution in [0.5, 0.6) is 0 Å². The Morgan fingerprint density at radius 2 is 2.21 bits per heavy atom. The lowest BCUT2D eigenvalue weighted by atomic mass is 10.1. The van der Waals surface area contributed by atoms with Gasteiger partial charge in [-0.15, -0.1) is 0 Å². The standard InChI is InChI=1S/C13H15FN4O/c1-18-5-4-11(17-18)8-16-7-10-6-9(13(15)19)2-3-12(10)14/h2-6,16H,7-8H2,1H3,(H2,15,19). The fourth-order valence-electron chi connectivity index (χ4n) is 1.75. The van der Waals surface area contributed by atoms with Crippen molar-refractivity contribution in [1.29, 1.82) is 0 Å². The summed E-state index contributed by atoms with van der Waals surface area (Å²) in [4.78, 5) is 11.0. The minimum atomic E-state index is -0.564. The van der Waals surface area contributed by atoms with E-state index in [9.17, 15) is 9.18 Å². The third-order valence-corrected chi connectivity index (χ3v) is 2.72. The van der Waals surface area contributed by atoms with Gasteiger partial charge in [0.2, 0.25) is 5.91 Å². The zero-order valence-corrected chi connectivity index (χ0v) is 10.6. The molecule has 0 bridgehead atoms. The van der Waals surface area contributed by atoms with Gasteiger partial charge in [-0.05, 0) is 24.3 Å². The summed E-state index contributed by atoms with van der Waals surface area (Å²) in [7, 11) is 1.83. The predicted molar refractivity (Wildman–Crippen MR) is 68.7 cm³/mol. The van der Waals surface area contributed by atoms with Crippen molar-refractivity contribution in [2.75, 3.05) is 0 Å². The second kappa shape index (κ2) is 5.62. The summed E-state index contributed by atoms with van der Waals surface area (Å²) >= 11 is 0. The van der Waals surface area contributed by atoms with E-state index in [0.717, 1.165) is 5.69 Å². The van der Waals surface area contributed by atoms with Crippen LogP contribution in [0.3, 0.4) is 0 Å². The average molecular weight is 262 g/mol. The molecule has 0 aliphatic heterocycles. The number of rotatable bonds is 5. The number of nitrogens with one attached hydrogen (secondary N) is 1. The fraction of sp³-hybridized carbons (Fsp3) is 0.231. The van der Waals surface area contributed by atoms with Gasteiger partial charge in [0.1, 0.15) is 5.82 Å². The van der Waals surface area contributed by atoms with Crippen LogP contribution in [0.25, 0.3) is 0 Å². The number of nitrogens with two attached hydrogens (primary N) is 1. The van der Waals surface area contributed by atoms with Crippen LogP contribution in [-0.2, 0) is 20.1 Å². The Labute approximate surface area is 110 Å². The molecule has 0 radical (unpaired) electrons. The van der Waals surface area contributed by atoms with Crippen molar-refractivity contribution in [3.8, 4) is 0 Å². The molecule has 6 heteroatoms. The van der Waals surface area contributed by atoms with Gasteiger partial charge >= 0.3 is 0 Å². The fourth-order valence-corrected chi connectivity index (χ4v) is 1.75. The van der Waals surface area contributed by atoms with Crippen LogP contribution < -0.4 is 11.1 Å². The molecular weight excluding hydrogens is 247 g/mol.